The molecule has 2 N–H and O–H groups in total. The fraction of sp³-hybridized carbons (Fsp3) is 0.345. The van der Waals surface area contributed by atoms with Crippen LogP contribution in [0, 0.1) is 24.1 Å². The van der Waals surface area contributed by atoms with Gasteiger partial charge in [0.1, 0.15) is 35.6 Å². The van der Waals surface area contributed by atoms with Gasteiger partial charge in [-0.05, 0) is 37.3 Å². The van der Waals surface area contributed by atoms with Crippen LogP contribution in [-0.4, -0.2) is 65.7 Å². The number of halogens is 1. The molecule has 0 saturated carbocycles. The van der Waals surface area contributed by atoms with Gasteiger partial charge in [-0.25, -0.2) is 14.4 Å². The van der Waals surface area contributed by atoms with E-state index in [0.29, 0.717) is 83.3 Å². The molecule has 10 heteroatoms. The van der Waals surface area contributed by atoms with E-state index in [1.54, 1.807) is 25.1 Å². The molecule has 0 aliphatic carbocycles. The average molecular weight is 532 g/mol. The predicted molar refractivity (Wildman–Crippen MR) is 147 cm³/mol. The largest absolute Gasteiger partial charge is 0.487 e. The predicted octanol–water partition coefficient (Wildman–Crippen LogP) is 4.67. The van der Waals surface area contributed by atoms with Crippen molar-refractivity contribution >= 4 is 27.6 Å². The Kier molecular flexibility index (Phi) is 7.37. The Hall–Kier alpha value is -4.20. The standard InChI is InChI=1S/C29H30FN5O4/c1-4-10-35(3)22-16-20(30)15-21-25-26(32-18(2)33-28(25)34-27(21)22)19-5-6-23(24(14-19)38-13-9-31)39-17-29(36)7-11-37-12-8-29/h4-6,14-16,36H,1,7-8,10-13,17H2,2-3H3,(H,32,33,34). The Labute approximate surface area is 225 Å². The fourth-order valence-corrected chi connectivity index (χ4v) is 4.86. The summed E-state index contributed by atoms with van der Waals surface area (Å²) < 4.78 is 31.9. The van der Waals surface area contributed by atoms with Crippen LogP contribution in [0.15, 0.2) is 43.0 Å². The Balaban J connectivity index is 1.61. The third kappa shape index (κ3) is 5.37. The summed E-state index contributed by atoms with van der Waals surface area (Å²) in [4.78, 5) is 14.6. The fourth-order valence-electron chi connectivity index (χ4n) is 4.86. The Morgan fingerprint density at radius 1 is 1.23 bits per heavy atom. The highest BCUT2D eigenvalue weighted by atomic mass is 19.1. The van der Waals surface area contributed by atoms with Gasteiger partial charge in [0.15, 0.2) is 18.1 Å². The molecular weight excluding hydrogens is 501 g/mol. The SMILES string of the molecule is C=CCN(C)c1cc(F)cc2c1[nH]c1nc(C)nc(-c3ccc(OCC4(O)CCOCC4)c(OCC#N)c3)c12. The van der Waals surface area contributed by atoms with Crippen LogP contribution < -0.4 is 14.4 Å². The van der Waals surface area contributed by atoms with Crippen LogP contribution in [0.5, 0.6) is 11.5 Å². The van der Waals surface area contributed by atoms with Gasteiger partial charge in [0.25, 0.3) is 0 Å². The second kappa shape index (κ2) is 10.9. The Morgan fingerprint density at radius 3 is 2.77 bits per heavy atom. The van der Waals surface area contributed by atoms with E-state index in [1.165, 1.54) is 12.1 Å². The summed E-state index contributed by atoms with van der Waals surface area (Å²) in [5.41, 5.74) is 2.27. The van der Waals surface area contributed by atoms with Crippen LogP contribution in [-0.2, 0) is 4.74 Å². The average Bonchev–Trinajstić information content (AvgIpc) is 3.28. The minimum atomic E-state index is -0.996. The van der Waals surface area contributed by atoms with Crippen molar-refractivity contribution < 1.29 is 23.7 Å². The van der Waals surface area contributed by atoms with E-state index < -0.39 is 5.60 Å². The van der Waals surface area contributed by atoms with Gasteiger partial charge >= 0.3 is 0 Å². The minimum absolute atomic E-state index is 0.0677. The second-order valence-electron chi connectivity index (χ2n) is 9.72. The molecule has 3 heterocycles. The van der Waals surface area contributed by atoms with E-state index in [-0.39, 0.29) is 19.0 Å². The van der Waals surface area contributed by atoms with Crippen molar-refractivity contribution in [3.63, 3.8) is 0 Å². The number of anilines is 1. The van der Waals surface area contributed by atoms with Crippen LogP contribution >= 0.6 is 0 Å². The zero-order valence-corrected chi connectivity index (χ0v) is 22.0. The number of aromatic amines is 1. The molecule has 1 saturated heterocycles. The number of rotatable bonds is 9. The van der Waals surface area contributed by atoms with Crippen LogP contribution in [0.2, 0.25) is 0 Å². The number of ether oxygens (including phenoxy) is 3. The molecule has 0 unspecified atom stereocenters. The molecule has 1 aliphatic rings. The topological polar surface area (TPSA) is 117 Å². The lowest BCUT2D eigenvalue weighted by atomic mass is 9.96. The van der Waals surface area contributed by atoms with Crippen LogP contribution in [0.3, 0.4) is 0 Å². The van der Waals surface area contributed by atoms with Gasteiger partial charge in [-0.15, -0.1) is 6.58 Å². The van der Waals surface area contributed by atoms with Crippen molar-refractivity contribution in [1.82, 2.24) is 15.0 Å². The molecule has 0 spiro atoms. The van der Waals surface area contributed by atoms with Gasteiger partial charge in [0, 0.05) is 50.6 Å². The van der Waals surface area contributed by atoms with Crippen molar-refractivity contribution in [2.24, 2.45) is 0 Å². The highest BCUT2D eigenvalue weighted by Crippen LogP contribution is 2.40. The maximum atomic E-state index is 14.8. The first kappa shape index (κ1) is 26.4. The summed E-state index contributed by atoms with van der Waals surface area (Å²) in [5.74, 6) is 0.890. The second-order valence-corrected chi connectivity index (χ2v) is 9.72. The lowest BCUT2D eigenvalue weighted by Gasteiger charge is -2.31. The molecule has 0 bridgehead atoms. The molecule has 0 radical (unpaired) electrons. The molecule has 2 aromatic heterocycles. The minimum Gasteiger partial charge on any atom is -0.487 e. The van der Waals surface area contributed by atoms with Gasteiger partial charge in [0.05, 0.1) is 22.3 Å². The van der Waals surface area contributed by atoms with Crippen LogP contribution in [0.25, 0.3) is 33.2 Å². The number of H-pyrrole nitrogens is 1. The van der Waals surface area contributed by atoms with Crippen molar-refractivity contribution in [2.75, 3.05) is 44.9 Å². The van der Waals surface area contributed by atoms with E-state index in [4.69, 9.17) is 24.5 Å². The highest BCUT2D eigenvalue weighted by molar-refractivity contribution is 6.15. The van der Waals surface area contributed by atoms with Gasteiger partial charge in [-0.1, -0.05) is 6.08 Å². The van der Waals surface area contributed by atoms with E-state index in [1.807, 2.05) is 24.1 Å². The van der Waals surface area contributed by atoms with Crippen LogP contribution in [0.4, 0.5) is 10.1 Å². The summed E-state index contributed by atoms with van der Waals surface area (Å²) in [6, 6.07) is 10.2. The number of fused-ring (bicyclic) bond motifs is 3. The van der Waals surface area contributed by atoms with Gasteiger partial charge in [0.2, 0.25) is 0 Å². The number of aromatic nitrogens is 3. The van der Waals surface area contributed by atoms with Crippen LogP contribution in [0.1, 0.15) is 18.7 Å². The molecule has 9 nitrogen and oxygen atoms in total. The molecule has 1 fully saturated rings. The monoisotopic (exact) mass is 531 g/mol. The van der Waals surface area contributed by atoms with Crippen molar-refractivity contribution in [2.45, 2.75) is 25.4 Å². The molecule has 39 heavy (non-hydrogen) atoms. The third-order valence-electron chi connectivity index (χ3n) is 6.86. The highest BCUT2D eigenvalue weighted by Gasteiger charge is 2.31. The van der Waals surface area contributed by atoms with E-state index in [9.17, 15) is 9.50 Å². The van der Waals surface area contributed by atoms with Crippen molar-refractivity contribution in [1.29, 1.82) is 5.26 Å². The smallest absolute Gasteiger partial charge is 0.174 e. The first-order chi connectivity index (χ1) is 18.8. The number of nitrogens with one attached hydrogen (secondary N) is 1. The molecule has 0 amide bonds. The van der Waals surface area contributed by atoms with Crippen molar-refractivity contribution in [3.05, 3.63) is 54.6 Å². The number of aliphatic hydroxyl groups is 1. The Morgan fingerprint density at radius 2 is 2.03 bits per heavy atom. The molecule has 202 valence electrons. The van der Waals surface area contributed by atoms with Gasteiger partial charge < -0.3 is 29.2 Å². The normalized spacial score (nSPS) is 14.7. The number of likely N-dealkylation sites (N-methyl/N-ethyl adjacent to an activating group) is 1. The summed E-state index contributed by atoms with van der Waals surface area (Å²) >= 11 is 0. The quantitative estimate of drug-likeness (QED) is 0.299. The van der Waals surface area contributed by atoms with Gasteiger partial charge in [-0.2, -0.15) is 5.26 Å². The number of aryl methyl sites for hydroxylation is 1. The van der Waals surface area contributed by atoms with Gasteiger partial charge in [-0.3, -0.25) is 0 Å². The Bertz CT molecular complexity index is 1570. The molecule has 0 atom stereocenters. The molecular formula is C29H30FN5O4. The first-order valence-corrected chi connectivity index (χ1v) is 12.7. The molecule has 1 aliphatic heterocycles. The summed E-state index contributed by atoms with van der Waals surface area (Å²) in [5, 5.41) is 21.3. The maximum absolute atomic E-state index is 14.8. The number of hydrogen-bond acceptors (Lipinski definition) is 8. The number of benzene rings is 2. The zero-order valence-electron chi connectivity index (χ0n) is 22.0. The summed E-state index contributed by atoms with van der Waals surface area (Å²) in [6.07, 6.45) is 2.69. The van der Waals surface area contributed by atoms with E-state index >= 15 is 0 Å². The number of nitrogens with zero attached hydrogens (tertiary/aromatic N) is 4. The van der Waals surface area contributed by atoms with E-state index in [2.05, 4.69) is 16.5 Å². The zero-order chi connectivity index (χ0) is 27.6. The molecule has 5 rings (SSSR count). The maximum Gasteiger partial charge on any atom is 0.174 e. The van der Waals surface area contributed by atoms with Crippen molar-refractivity contribution in [3.8, 4) is 28.8 Å². The van der Waals surface area contributed by atoms with E-state index in [0.717, 1.165) is 5.52 Å². The first-order valence-electron chi connectivity index (χ1n) is 12.7. The number of hydrogen-bond donors (Lipinski definition) is 2. The summed E-state index contributed by atoms with van der Waals surface area (Å²) in [6.45, 7) is 6.93. The third-order valence-corrected chi connectivity index (χ3v) is 6.86. The lowest BCUT2D eigenvalue weighted by Crippen LogP contribution is -2.41. The molecule has 2 aromatic carbocycles. The summed E-state index contributed by atoms with van der Waals surface area (Å²) in [7, 11) is 1.87. The lowest BCUT2D eigenvalue weighted by molar-refractivity contribution is -0.0858. The number of nitriles is 1. The molecule has 4 aromatic rings.